The predicted molar refractivity (Wildman–Crippen MR) is 98.4 cm³/mol. The number of aryl methyl sites for hydroxylation is 1. The zero-order valence-corrected chi connectivity index (χ0v) is 14.5. The molecule has 3 aromatic rings. The number of rotatable bonds is 3. The number of benzene rings is 2. The van der Waals surface area contributed by atoms with Crippen LogP contribution in [0, 0.1) is 13.8 Å². The van der Waals surface area contributed by atoms with Gasteiger partial charge in [-0.25, -0.2) is 4.98 Å². The third-order valence-electron chi connectivity index (χ3n) is 5.35. The molecule has 1 aliphatic carbocycles. The second kappa shape index (κ2) is 6.27. The first-order chi connectivity index (χ1) is 11.8. The van der Waals surface area contributed by atoms with E-state index in [0.29, 0.717) is 5.92 Å². The van der Waals surface area contributed by atoms with Gasteiger partial charge in [-0.2, -0.15) is 4.57 Å². The van der Waals surface area contributed by atoms with Crippen LogP contribution >= 0.6 is 0 Å². The zero-order chi connectivity index (χ0) is 16.5. The molecule has 24 heavy (non-hydrogen) atoms. The van der Waals surface area contributed by atoms with Crippen molar-refractivity contribution < 1.29 is 4.57 Å². The molecule has 2 nitrogen and oxygen atoms in total. The van der Waals surface area contributed by atoms with Gasteiger partial charge in [-0.15, -0.1) is 0 Å². The fourth-order valence-electron chi connectivity index (χ4n) is 4.06. The number of hydrogen-bond donors (Lipinski definition) is 1. The van der Waals surface area contributed by atoms with Crippen LogP contribution in [0.3, 0.4) is 0 Å². The Bertz CT molecular complexity index is 840. The number of nitrogens with one attached hydrogen (secondary N) is 1. The fourth-order valence-corrected chi connectivity index (χ4v) is 4.06. The van der Waals surface area contributed by atoms with Crippen molar-refractivity contribution in [2.45, 2.75) is 45.4 Å². The topological polar surface area (TPSA) is 19.7 Å². The Balaban J connectivity index is 1.93. The zero-order valence-electron chi connectivity index (χ0n) is 14.5. The smallest absolute Gasteiger partial charge is 0.240 e. The summed E-state index contributed by atoms with van der Waals surface area (Å²) in [5.74, 6) is 2.01. The Hall–Kier alpha value is -2.35. The molecule has 0 spiro atoms. The number of aromatic amines is 1. The molecule has 2 aromatic carbocycles. The average Bonchev–Trinajstić information content (AvgIpc) is 3.24. The number of nitrogens with zero attached hydrogens (tertiary/aromatic N) is 1. The van der Waals surface area contributed by atoms with Gasteiger partial charge in [0.1, 0.15) is 5.69 Å². The molecular formula is C22H25N2+. The number of para-hydroxylation sites is 1. The van der Waals surface area contributed by atoms with Crippen LogP contribution < -0.4 is 4.57 Å². The molecular weight excluding hydrogens is 292 g/mol. The molecule has 1 aliphatic rings. The van der Waals surface area contributed by atoms with Crippen molar-refractivity contribution in [2.75, 3.05) is 0 Å². The molecule has 1 N–H and O–H groups in total. The maximum Gasteiger partial charge on any atom is 0.263 e. The van der Waals surface area contributed by atoms with Gasteiger partial charge >= 0.3 is 0 Å². The molecule has 1 aromatic heterocycles. The SMILES string of the molecule is Cc1ccccc1-[n+]1c(C2CCCC2)[nH]c(-c2ccccc2)c1C. The minimum Gasteiger partial charge on any atom is -0.240 e. The Labute approximate surface area is 144 Å². The third kappa shape index (κ3) is 2.56. The largest absolute Gasteiger partial charge is 0.263 e. The van der Waals surface area contributed by atoms with E-state index in [2.05, 4.69) is 78.0 Å². The van der Waals surface area contributed by atoms with Gasteiger partial charge in [-0.3, -0.25) is 0 Å². The molecule has 0 unspecified atom stereocenters. The van der Waals surface area contributed by atoms with Gasteiger partial charge in [0.15, 0.2) is 11.4 Å². The lowest BCUT2D eigenvalue weighted by atomic mass is 10.1. The first kappa shape index (κ1) is 15.2. The van der Waals surface area contributed by atoms with Crippen molar-refractivity contribution in [3.8, 4) is 16.9 Å². The molecule has 0 radical (unpaired) electrons. The van der Waals surface area contributed by atoms with E-state index in [1.165, 1.54) is 59.7 Å². The van der Waals surface area contributed by atoms with Crippen molar-refractivity contribution in [1.82, 2.24) is 4.98 Å². The summed E-state index contributed by atoms with van der Waals surface area (Å²) in [5.41, 5.74) is 6.44. The van der Waals surface area contributed by atoms with Crippen LogP contribution in [0.1, 0.15) is 48.7 Å². The molecule has 2 heteroatoms. The average molecular weight is 317 g/mol. The van der Waals surface area contributed by atoms with E-state index in [1.807, 2.05) is 0 Å². The highest BCUT2D eigenvalue weighted by molar-refractivity contribution is 5.61. The number of H-pyrrole nitrogens is 1. The predicted octanol–water partition coefficient (Wildman–Crippen LogP) is 5.23. The van der Waals surface area contributed by atoms with Gasteiger partial charge in [0.2, 0.25) is 0 Å². The second-order valence-electron chi connectivity index (χ2n) is 6.94. The summed E-state index contributed by atoms with van der Waals surface area (Å²) >= 11 is 0. The minimum atomic E-state index is 0.640. The van der Waals surface area contributed by atoms with E-state index in [0.717, 1.165) is 0 Å². The van der Waals surface area contributed by atoms with Crippen LogP contribution in [0.5, 0.6) is 0 Å². The van der Waals surface area contributed by atoms with Gasteiger partial charge in [0.25, 0.3) is 5.82 Å². The van der Waals surface area contributed by atoms with Crippen molar-refractivity contribution in [1.29, 1.82) is 0 Å². The maximum atomic E-state index is 3.80. The summed E-state index contributed by atoms with van der Waals surface area (Å²) in [4.78, 5) is 3.80. The number of imidazole rings is 1. The van der Waals surface area contributed by atoms with Crippen LogP contribution in [-0.2, 0) is 0 Å². The normalized spacial score (nSPS) is 15.1. The molecule has 4 rings (SSSR count). The Morgan fingerprint density at radius 2 is 1.54 bits per heavy atom. The summed E-state index contributed by atoms with van der Waals surface area (Å²) in [6.07, 6.45) is 5.27. The summed E-state index contributed by atoms with van der Waals surface area (Å²) in [6, 6.07) is 19.4. The van der Waals surface area contributed by atoms with E-state index < -0.39 is 0 Å². The molecule has 1 fully saturated rings. The molecule has 1 saturated carbocycles. The van der Waals surface area contributed by atoms with Gasteiger partial charge in [-0.05, 0) is 31.4 Å². The number of aromatic nitrogens is 2. The lowest BCUT2D eigenvalue weighted by molar-refractivity contribution is -0.611. The van der Waals surface area contributed by atoms with E-state index >= 15 is 0 Å². The molecule has 0 aliphatic heterocycles. The Morgan fingerprint density at radius 1 is 0.875 bits per heavy atom. The van der Waals surface area contributed by atoms with Crippen LogP contribution in [0.4, 0.5) is 0 Å². The van der Waals surface area contributed by atoms with Gasteiger partial charge < -0.3 is 0 Å². The van der Waals surface area contributed by atoms with Crippen LogP contribution in [0.15, 0.2) is 54.6 Å². The van der Waals surface area contributed by atoms with E-state index in [-0.39, 0.29) is 0 Å². The van der Waals surface area contributed by atoms with Gasteiger partial charge in [0, 0.05) is 12.5 Å². The highest BCUT2D eigenvalue weighted by Crippen LogP contribution is 2.34. The molecule has 0 amide bonds. The van der Waals surface area contributed by atoms with Crippen molar-refractivity contribution in [3.05, 3.63) is 71.7 Å². The first-order valence-electron chi connectivity index (χ1n) is 9.01. The number of hydrogen-bond acceptors (Lipinski definition) is 0. The van der Waals surface area contributed by atoms with E-state index in [1.54, 1.807) is 0 Å². The highest BCUT2D eigenvalue weighted by atomic mass is 15.1. The van der Waals surface area contributed by atoms with Crippen LogP contribution in [0.25, 0.3) is 16.9 Å². The standard InChI is InChI=1S/C22H24N2/c1-16-10-6-9-15-20(16)24-17(2)21(18-11-4-3-5-12-18)23-22(24)19-13-7-8-14-19/h3-6,9-12,15,19H,7-8,13-14H2,1-2H3/p+1. The summed E-state index contributed by atoms with van der Waals surface area (Å²) < 4.78 is 2.47. The van der Waals surface area contributed by atoms with Gasteiger partial charge in [-0.1, -0.05) is 61.4 Å². The Kier molecular flexibility index (Phi) is 3.97. The summed E-state index contributed by atoms with van der Waals surface area (Å²) in [7, 11) is 0. The van der Waals surface area contributed by atoms with E-state index in [4.69, 9.17) is 0 Å². The van der Waals surface area contributed by atoms with Crippen LogP contribution in [0.2, 0.25) is 0 Å². The maximum absolute atomic E-state index is 3.80. The summed E-state index contributed by atoms with van der Waals surface area (Å²) in [5, 5.41) is 0. The van der Waals surface area contributed by atoms with Crippen molar-refractivity contribution >= 4 is 0 Å². The molecule has 0 bridgehead atoms. The fraction of sp³-hybridized carbons (Fsp3) is 0.318. The van der Waals surface area contributed by atoms with Crippen molar-refractivity contribution in [2.24, 2.45) is 0 Å². The quantitative estimate of drug-likeness (QED) is 0.638. The highest BCUT2D eigenvalue weighted by Gasteiger charge is 2.32. The molecule has 122 valence electrons. The van der Waals surface area contributed by atoms with Crippen molar-refractivity contribution in [3.63, 3.8) is 0 Å². The first-order valence-corrected chi connectivity index (χ1v) is 9.01. The molecule has 0 saturated heterocycles. The molecule has 0 atom stereocenters. The van der Waals surface area contributed by atoms with Crippen LogP contribution in [-0.4, -0.2) is 4.98 Å². The van der Waals surface area contributed by atoms with Gasteiger partial charge in [0.05, 0.1) is 5.92 Å². The summed E-state index contributed by atoms with van der Waals surface area (Å²) in [6.45, 7) is 4.44. The second-order valence-corrected chi connectivity index (χ2v) is 6.94. The third-order valence-corrected chi connectivity index (χ3v) is 5.35. The lowest BCUT2D eigenvalue weighted by Crippen LogP contribution is -2.38. The lowest BCUT2D eigenvalue weighted by Gasteiger charge is -2.09. The monoisotopic (exact) mass is 317 g/mol. The Morgan fingerprint density at radius 3 is 2.25 bits per heavy atom. The van der Waals surface area contributed by atoms with E-state index in [9.17, 15) is 0 Å². The minimum absolute atomic E-state index is 0.640. The molecule has 1 heterocycles.